The van der Waals surface area contributed by atoms with E-state index in [1.165, 1.54) is 0 Å². The summed E-state index contributed by atoms with van der Waals surface area (Å²) in [5.74, 6) is -2.16. The highest BCUT2D eigenvalue weighted by molar-refractivity contribution is 6.43. The average molecular weight is 1480 g/mol. The Labute approximate surface area is 648 Å². The van der Waals surface area contributed by atoms with Crippen molar-refractivity contribution >= 4 is 80.5 Å². The molecular formula is C92H132N8O8. The summed E-state index contributed by atoms with van der Waals surface area (Å²) in [6.45, 7) is 51.7. The van der Waals surface area contributed by atoms with Crippen LogP contribution in [-0.2, 0) is 39.6 Å². The van der Waals surface area contributed by atoms with Gasteiger partial charge in [-0.3, -0.25) is 28.8 Å². The lowest BCUT2D eigenvalue weighted by Crippen LogP contribution is -2.42. The molecule has 0 saturated carbocycles. The zero-order chi connectivity index (χ0) is 80.0. The van der Waals surface area contributed by atoms with Gasteiger partial charge in [-0.15, -0.1) is 0 Å². The lowest BCUT2D eigenvalue weighted by Gasteiger charge is -2.34. The van der Waals surface area contributed by atoms with Crippen molar-refractivity contribution in [3.63, 3.8) is 0 Å². The van der Waals surface area contributed by atoms with E-state index in [0.717, 1.165) is 122 Å². The number of fused-ring (bicyclic) bond motifs is 4. The van der Waals surface area contributed by atoms with E-state index in [-0.39, 0.29) is 151 Å². The number of nitrogens with one attached hydrogen (secondary N) is 2. The Hall–Kier alpha value is -7.88. The molecule has 2 saturated heterocycles. The first kappa shape index (κ1) is 84.1. The lowest BCUT2D eigenvalue weighted by atomic mass is 9.73. The maximum atomic E-state index is 14.8. The molecule has 2 aromatic rings. The number of unbranched alkanes of at least 4 members (excludes halogenated alkanes) is 4. The van der Waals surface area contributed by atoms with E-state index >= 15 is 0 Å². The van der Waals surface area contributed by atoms with Crippen LogP contribution in [0.5, 0.6) is 0 Å². The molecule has 8 atom stereocenters. The molecule has 108 heavy (non-hydrogen) atoms. The van der Waals surface area contributed by atoms with E-state index in [9.17, 15) is 39.0 Å². The van der Waals surface area contributed by atoms with Crippen LogP contribution >= 0.6 is 0 Å². The number of benzene rings is 2. The molecule has 8 unspecified atom stereocenters. The van der Waals surface area contributed by atoms with Crippen LogP contribution in [0.25, 0.3) is 11.1 Å². The Bertz CT molecular complexity index is 4240. The Kier molecular flexibility index (Phi) is 25.7. The normalized spacial score (nSPS) is 24.7. The molecule has 4 heterocycles. The molecule has 588 valence electrons. The quantitative estimate of drug-likeness (QED) is 0.0650. The van der Waals surface area contributed by atoms with Gasteiger partial charge in [0.15, 0.2) is 0 Å². The van der Waals surface area contributed by atoms with Gasteiger partial charge in [-0.25, -0.2) is 9.98 Å². The fourth-order valence-corrected chi connectivity index (χ4v) is 18.0. The second-order valence-electron chi connectivity index (χ2n) is 35.1. The highest BCUT2D eigenvalue weighted by Gasteiger charge is 2.52. The van der Waals surface area contributed by atoms with E-state index in [0.29, 0.717) is 70.8 Å². The third-order valence-corrected chi connectivity index (χ3v) is 26.8. The number of aliphatic imine (C=N–C) groups is 2. The van der Waals surface area contributed by atoms with Gasteiger partial charge in [-0.05, 0) is 178 Å². The number of allylic oxidation sites excluding steroid dienone is 12. The highest BCUT2D eigenvalue weighted by atomic mass is 16.3. The summed E-state index contributed by atoms with van der Waals surface area (Å²) in [5, 5.41) is 30.7. The smallest absolute Gasteiger partial charge is 0.249 e. The van der Waals surface area contributed by atoms with Crippen molar-refractivity contribution in [2.45, 2.75) is 316 Å². The number of likely N-dealkylation sites (tertiary alicyclic amines) is 2. The van der Waals surface area contributed by atoms with E-state index in [1.807, 2.05) is 83.3 Å². The number of carbonyl (C=O) groups is 6. The van der Waals surface area contributed by atoms with Crippen molar-refractivity contribution in [2.24, 2.45) is 44.5 Å². The summed E-state index contributed by atoms with van der Waals surface area (Å²) in [6.07, 6.45) is 21.6. The first-order valence-corrected chi connectivity index (χ1v) is 41.4. The fraction of sp³-hybridized carbons (Fsp3) is 0.609. The Morgan fingerprint density at radius 3 is 1.18 bits per heavy atom. The van der Waals surface area contributed by atoms with Gasteiger partial charge in [0.1, 0.15) is 11.5 Å². The highest BCUT2D eigenvalue weighted by Crippen LogP contribution is 2.56. The number of carbonyl (C=O) groups excluding carboxylic acids is 6. The van der Waals surface area contributed by atoms with Crippen LogP contribution < -0.4 is 20.4 Å². The summed E-state index contributed by atoms with van der Waals surface area (Å²) >= 11 is 0. The number of amides is 4. The van der Waals surface area contributed by atoms with Gasteiger partial charge in [0.2, 0.25) is 35.2 Å². The third kappa shape index (κ3) is 15.0. The molecule has 8 aliphatic rings. The summed E-state index contributed by atoms with van der Waals surface area (Å²) in [5.41, 5.74) is 11.9. The third-order valence-electron chi connectivity index (χ3n) is 26.8. The van der Waals surface area contributed by atoms with Gasteiger partial charge in [0, 0.05) is 141 Å². The molecule has 16 nitrogen and oxygen atoms in total. The molecule has 10 rings (SSSR count). The molecular weight excluding hydrogens is 1350 g/mol. The molecule has 4 aliphatic carbocycles. The standard InChI is InChI=1S/C48H70N4O4.C44H62N4O4/c1-15-19-21-31(17-3)45(55)49-37-25-39-35(47(11,12)29(9)51(39)27(5)6)23-33(37)41-43(53)42(44(41)54)34-24-36-40(52(28(7)8)30(10)48(36,13)14)26-38(34)50-46(56)32(18-4)22-20-16-2;1-13-17-19-27(15-3)41(51)45-33-23-35-31(43(7,8)25(5)47(35)11)21-29(33)37-39(49)38(40(37)50)30-22-32-36(48(12)26(6)44(32,9)10)24-34(30)46-42(52)28(16-4)20-18-14-2/h23-32,53H,15-22H2,1-14H3,(H,49,55);21-28,49H,13-20H2,1-12H3,(H,45,51). The molecule has 0 bridgehead atoms. The van der Waals surface area contributed by atoms with E-state index in [4.69, 9.17) is 9.98 Å². The minimum atomic E-state index is -0.317. The van der Waals surface area contributed by atoms with Crippen LogP contribution in [0.4, 0.5) is 22.7 Å². The van der Waals surface area contributed by atoms with Gasteiger partial charge < -0.3 is 40.4 Å². The van der Waals surface area contributed by atoms with Gasteiger partial charge in [0.25, 0.3) is 0 Å². The van der Waals surface area contributed by atoms with Crippen molar-refractivity contribution in [2.75, 3.05) is 34.5 Å². The second-order valence-corrected chi connectivity index (χ2v) is 35.1. The maximum absolute atomic E-state index is 14.8. The van der Waals surface area contributed by atoms with Crippen molar-refractivity contribution in [3.05, 3.63) is 127 Å². The molecule has 4 aliphatic heterocycles. The SMILES string of the molecule is CCCCC(CC)C(=O)N=C1C=C2C(=CC1=C1C(=O)C(c3cc4c(cc3NC(=O)C(CC)CCCC)N(C(C)C)C(C)C4(C)C)=C1O)C(C)(C)C(C)N2C(C)C.CCCCC(CC)C(=O)N=C1C=C2C(=CC1=C1C(=O)C(c3cc4c(cc3NC(=O)C(CC)CCCC)N(C)C(C)C4(C)C)=C1O)C(C)(C)C(C)N2C. The number of likely N-dealkylation sites (N-methyl/N-ethyl adjacent to an activating group) is 2. The molecule has 0 aromatic heterocycles. The molecule has 0 radical (unpaired) electrons. The van der Waals surface area contributed by atoms with E-state index < -0.39 is 0 Å². The maximum Gasteiger partial charge on any atom is 0.249 e. The number of Topliss-reactive ketones (excluding diaryl/α,β-unsaturated/α-hetero) is 2. The van der Waals surface area contributed by atoms with Crippen molar-refractivity contribution in [1.82, 2.24) is 9.80 Å². The summed E-state index contributed by atoms with van der Waals surface area (Å²) < 4.78 is 0. The van der Waals surface area contributed by atoms with Crippen molar-refractivity contribution in [3.8, 4) is 0 Å². The zero-order valence-electron chi connectivity index (χ0n) is 70.7. The molecule has 4 amide bonds. The van der Waals surface area contributed by atoms with Crippen LogP contribution in [0.1, 0.15) is 291 Å². The second kappa shape index (κ2) is 33.0. The number of hydrogen-bond acceptors (Lipinski definition) is 12. The number of aliphatic hydroxyl groups excluding tert-OH is 2. The number of ketones is 2. The van der Waals surface area contributed by atoms with Crippen LogP contribution in [-0.4, -0.2) is 117 Å². The number of nitrogens with zero attached hydrogens (tertiary/aromatic N) is 6. The molecule has 2 aromatic carbocycles. The van der Waals surface area contributed by atoms with Gasteiger partial charge >= 0.3 is 0 Å². The predicted molar refractivity (Wildman–Crippen MR) is 446 cm³/mol. The fourth-order valence-electron chi connectivity index (χ4n) is 18.0. The summed E-state index contributed by atoms with van der Waals surface area (Å²) in [7, 11) is 4.10. The Morgan fingerprint density at radius 1 is 0.444 bits per heavy atom. The van der Waals surface area contributed by atoms with Crippen LogP contribution in [0, 0.1) is 34.5 Å². The number of hydrogen-bond donors (Lipinski definition) is 4. The van der Waals surface area contributed by atoms with E-state index in [2.05, 4.69) is 176 Å². The number of rotatable bonds is 26. The lowest BCUT2D eigenvalue weighted by molar-refractivity contribution is -0.122. The van der Waals surface area contributed by atoms with Crippen LogP contribution in [0.3, 0.4) is 0 Å². The Morgan fingerprint density at radius 2 is 0.787 bits per heavy atom. The minimum Gasteiger partial charge on any atom is -0.506 e. The first-order valence-electron chi connectivity index (χ1n) is 41.4. The van der Waals surface area contributed by atoms with Gasteiger partial charge in [-0.2, -0.15) is 0 Å². The first-order chi connectivity index (χ1) is 50.8. The number of aliphatic hydroxyl groups is 2. The molecule has 0 spiro atoms. The average Bonchev–Trinajstić information content (AvgIpc) is 1.60. The monoisotopic (exact) mass is 1480 g/mol. The summed E-state index contributed by atoms with van der Waals surface area (Å²) in [6, 6.07) is 9.10. The van der Waals surface area contributed by atoms with Crippen LogP contribution in [0.2, 0.25) is 0 Å². The van der Waals surface area contributed by atoms with Crippen LogP contribution in [0.15, 0.2) is 115 Å². The topological polar surface area (TPSA) is 205 Å². The molecule has 2 fully saturated rings. The van der Waals surface area contributed by atoms with Gasteiger partial charge in [-0.1, -0.05) is 162 Å². The Balaban J connectivity index is 0.000000250. The van der Waals surface area contributed by atoms with E-state index in [1.54, 1.807) is 0 Å². The largest absolute Gasteiger partial charge is 0.506 e. The summed E-state index contributed by atoms with van der Waals surface area (Å²) in [4.78, 5) is 103. The van der Waals surface area contributed by atoms with Crippen molar-refractivity contribution < 1.29 is 39.0 Å². The number of anilines is 4. The predicted octanol–water partition coefficient (Wildman–Crippen LogP) is 20.5. The van der Waals surface area contributed by atoms with Gasteiger partial charge in [0.05, 0.1) is 45.1 Å². The molecule has 4 N–H and O–H groups in total. The van der Waals surface area contributed by atoms with Crippen molar-refractivity contribution in [1.29, 1.82) is 0 Å². The zero-order valence-corrected chi connectivity index (χ0v) is 70.7. The molecule has 16 heteroatoms. The minimum absolute atomic E-state index is 0.0718.